The normalized spacial score (nSPS) is 9.99. The summed E-state index contributed by atoms with van der Waals surface area (Å²) in [6, 6.07) is 65.1. The number of nitro benzene ring substituents is 2. The van der Waals surface area contributed by atoms with E-state index in [9.17, 15) is 68.1 Å². The van der Waals surface area contributed by atoms with Crippen LogP contribution in [0.25, 0.3) is 65.4 Å². The molecule has 0 unspecified atom stereocenters. The number of nitrogens with one attached hydrogen (secondary N) is 2. The number of esters is 2. The zero-order chi connectivity index (χ0) is 100. The molecule has 0 radical (unpaired) electrons. The number of hydrogen-bond acceptors (Lipinski definition) is 24. The number of hydrogen-bond donors (Lipinski definition) is 6. The second-order valence-corrected chi connectivity index (χ2v) is 35.4. The molecule has 0 fully saturated rings. The molecule has 15 aromatic rings. The molecule has 0 aliphatic carbocycles. The molecule has 0 saturated carbocycles. The number of carbonyl (C=O) groups is 5. The van der Waals surface area contributed by atoms with Crippen LogP contribution in [0.1, 0.15) is 47.9 Å². The fourth-order valence-electron chi connectivity index (χ4n) is 12.5. The number of nitrogen functional groups attached to an aromatic ring is 1. The van der Waals surface area contributed by atoms with Gasteiger partial charge in [-0.3, -0.25) is 49.0 Å². The van der Waals surface area contributed by atoms with Gasteiger partial charge in [-0.1, -0.05) is 173 Å². The molecule has 44 heteroatoms. The summed E-state index contributed by atoms with van der Waals surface area (Å²) in [6.07, 6.45) is 13.4. The van der Waals surface area contributed by atoms with Gasteiger partial charge in [0.25, 0.3) is 5.69 Å². The van der Waals surface area contributed by atoms with E-state index in [0.29, 0.717) is 120 Å². The number of nitrogens with zero attached hydrogens (tertiary/aromatic N) is 4. The number of nitrogens with two attached hydrogens (primary N) is 1. The van der Waals surface area contributed by atoms with Gasteiger partial charge in [0.2, 0.25) is 5.82 Å². The van der Waals surface area contributed by atoms with Gasteiger partial charge >= 0.3 is 84.0 Å². The van der Waals surface area contributed by atoms with Gasteiger partial charge in [0, 0.05) is 80.3 Å². The maximum atomic E-state index is 12.8. The van der Waals surface area contributed by atoms with Gasteiger partial charge in [0.05, 0.1) is 118 Å². The quantitative estimate of drug-likeness (QED) is 0.00504. The molecule has 26 nitrogen and oxygen atoms in total. The number of thioether (sulfide) groups is 6. The first kappa shape index (κ1) is 127. The van der Waals surface area contributed by atoms with Crippen LogP contribution in [0.2, 0.25) is 35.2 Å². The minimum Gasteiger partial charge on any atom is -0.870 e. The van der Waals surface area contributed by atoms with Crippen LogP contribution < -0.4 is 75.8 Å². The van der Waals surface area contributed by atoms with Crippen molar-refractivity contribution in [1.82, 2.24) is 14.1 Å². The molecular formula is C95H88Cl7FILiN7NaO19S7. The van der Waals surface area contributed by atoms with Gasteiger partial charge in [-0.15, -0.1) is 70.6 Å². The maximum absolute atomic E-state index is 12.8. The predicted molar refractivity (Wildman–Crippen MR) is 576 cm³/mol. The Morgan fingerprint density at radius 3 is 1.25 bits per heavy atom. The predicted octanol–water partition coefficient (Wildman–Crippen LogP) is 20.4. The molecule has 12 aromatic carbocycles. The number of ether oxygens (including phenoxy) is 2. The average molecular weight is 2280 g/mol. The SMILES string of the molecule is CCOC(=O)CC.CCOC(=O)Cn1c2ccccc2c(=O)c2ccc(Cl)c(SC)c21.CSc1c(Cl)ccc2c(=O)c3ccccc3[nH]c12.CSc1c(Cl)ccc2c(=O)c3ccccc3n(CC(=O)O)c12.CSc1c(Cl)cccc1Nc1ccccc1C(=O)O.CSc1c(Cl)cccc1[N+](=O)[O-].CSc1c(N)cccc1Cl.C[S-].O.O=C(O)c1ccccc1I.O=[N+]([O-])c1cccc(Cl)c1F.[Li+].[Na+].[OH-]. The number of aromatic amines is 1. The zero-order valence-corrected chi connectivity index (χ0v) is 91.3. The Labute approximate surface area is 912 Å². The van der Waals surface area contributed by atoms with E-state index < -0.39 is 39.3 Å². The van der Waals surface area contributed by atoms with Gasteiger partial charge in [0.15, 0.2) is 16.3 Å². The number of aliphatic carboxylic acids is 1. The first-order valence-corrected chi connectivity index (χ1v) is 51.2. The van der Waals surface area contributed by atoms with Gasteiger partial charge in [-0.25, -0.2) is 9.59 Å². The van der Waals surface area contributed by atoms with Crippen LogP contribution in [0.3, 0.4) is 0 Å². The molecule has 0 spiro atoms. The molecule has 0 aliphatic heterocycles. The number of pyridine rings is 3. The number of H-pyrrole nitrogens is 1. The first-order valence-electron chi connectivity index (χ1n) is 39.3. The number of halogens is 9. The van der Waals surface area contributed by atoms with Crippen molar-refractivity contribution < 1.29 is 122 Å². The number of aromatic carboxylic acids is 2. The van der Waals surface area contributed by atoms with Crippen molar-refractivity contribution in [1.29, 1.82) is 0 Å². The van der Waals surface area contributed by atoms with Crippen LogP contribution >= 0.6 is 174 Å². The summed E-state index contributed by atoms with van der Waals surface area (Å²) in [4.78, 5) is 120. The summed E-state index contributed by atoms with van der Waals surface area (Å²) in [5.41, 5.74) is 11.9. The van der Waals surface area contributed by atoms with E-state index >= 15 is 0 Å². The molecule has 10 N–H and O–H groups in total. The number of carboxylic acids is 3. The molecule has 15 rings (SSSR count). The van der Waals surface area contributed by atoms with Crippen LogP contribution in [0.4, 0.5) is 32.8 Å². The molecule has 0 amide bonds. The van der Waals surface area contributed by atoms with Crippen LogP contribution in [0.15, 0.2) is 274 Å². The number of benzene rings is 12. The number of aromatic nitrogens is 3. The summed E-state index contributed by atoms with van der Waals surface area (Å²) in [5.74, 6) is -4.26. The Balaban J connectivity index is 0.000000537. The second-order valence-electron chi connectivity index (χ2n) is 26.5. The molecular weight excluding hydrogens is 2190 g/mol. The average Bonchev–Trinajstić information content (AvgIpc) is 0.742. The maximum Gasteiger partial charge on any atom is 1.00 e. The molecule has 0 saturated heterocycles. The van der Waals surface area contributed by atoms with Gasteiger partial charge < -0.3 is 73.5 Å². The Morgan fingerprint density at radius 2 is 0.827 bits per heavy atom. The molecule has 0 aliphatic rings. The van der Waals surface area contributed by atoms with Crippen molar-refractivity contribution in [3.05, 3.63) is 337 Å². The standard InChI is InChI=1S/C18H16ClNO3S.C16H12ClNO3S.C14H12ClNO2S.C14H10ClNOS.C7H6ClNO2S.C7H8ClNS.C7H5IO2.C6H3ClFNO2.C5H10O2.CH4S.Li.Na.2H2O/c1-3-23-15(21)10-20-14-7-5-4-6-11(14)17(22)12-8-9-13(19)18(24-2)16(12)20;1-22-16-11(17)7-6-10-14(16)18(8-13(19)20)12-5-3-2-4-9(12)15(10)21;1-19-13-10(15)6-4-8-12(13)16-11-7-3-2-5-9(11)14(17)18;1-18-14-10(15)7-6-9-12(14)16-11-5-3-2-4-8(11)13(9)17;1-12-7-5(8)3-2-4-6(7)9(10)11;1-10-7-5(8)3-2-4-6(7)9;8-6-4-2-1-3-5(6)7(9)10;7-4-2-1-3-5(6(4)8)9(10)11;1-3-5(6)7-4-2;1-2;;;;/h4-9H,3,10H2,1-2H3;2-7H,8H2,1H3,(H,19,20);2-8,16H,1H3,(H,17,18);2-7H,1H3,(H,16,17);2-4H,1H3;2-4H,9H2,1H3;1-4H,(H,9,10);1-3H;3-4H2,1-2H3;2H,1H3;;;2*1H2/q;;;;;;;;;;2*+1;;/p-2. The molecule has 3 aromatic heterocycles. The third-order valence-electron chi connectivity index (χ3n) is 18.3. The molecule has 3 heterocycles. The van der Waals surface area contributed by atoms with Crippen LogP contribution in [0, 0.1) is 29.6 Å². The van der Waals surface area contributed by atoms with E-state index in [4.69, 9.17) is 102 Å². The van der Waals surface area contributed by atoms with E-state index in [2.05, 4.69) is 27.7 Å². The third kappa shape index (κ3) is 34.9. The second kappa shape index (κ2) is 64.2. The van der Waals surface area contributed by atoms with Crippen molar-refractivity contribution in [2.75, 3.05) is 68.1 Å². The fraction of sp³-hybridized carbons (Fsp3) is 0.158. The Bertz CT molecular complexity index is 7000. The van der Waals surface area contributed by atoms with E-state index in [1.807, 2.05) is 143 Å². The Morgan fingerprint density at radius 1 is 0.453 bits per heavy atom. The number of anilines is 3. The van der Waals surface area contributed by atoms with Crippen molar-refractivity contribution in [2.24, 2.45) is 0 Å². The van der Waals surface area contributed by atoms with Gasteiger partial charge in [0.1, 0.15) is 18.0 Å². The largest absolute Gasteiger partial charge is 1.00 e. The molecule has 724 valence electrons. The van der Waals surface area contributed by atoms with E-state index in [-0.39, 0.29) is 117 Å². The third-order valence-corrected chi connectivity index (χ3v) is 27.2. The molecule has 0 bridgehead atoms. The van der Waals surface area contributed by atoms with E-state index in [1.54, 1.807) is 183 Å². The van der Waals surface area contributed by atoms with Crippen molar-refractivity contribution in [2.45, 2.75) is 69.7 Å². The zero-order valence-electron chi connectivity index (χ0n) is 76.1. The summed E-state index contributed by atoms with van der Waals surface area (Å²) in [6.45, 7) is 5.94. The van der Waals surface area contributed by atoms with Crippen molar-refractivity contribution in [3.63, 3.8) is 0 Å². The number of para-hydroxylation sites is 4. The Hall–Kier alpha value is -8.54. The Kier molecular flexibility index (Phi) is 58.4. The molecule has 139 heavy (non-hydrogen) atoms. The number of fused-ring (bicyclic) bond motifs is 6. The van der Waals surface area contributed by atoms with E-state index in [0.717, 1.165) is 56.6 Å². The minimum absolute atomic E-state index is 0. The number of nitro groups is 2. The number of rotatable bonds is 19. The molecule has 0 atom stereocenters. The fourth-order valence-corrected chi connectivity index (χ4v) is 19.4. The number of carboxylic acid groups (broad SMARTS) is 3. The van der Waals surface area contributed by atoms with Gasteiger partial charge in [-0.05, 0) is 207 Å². The van der Waals surface area contributed by atoms with Crippen molar-refractivity contribution in [3.8, 4) is 0 Å². The van der Waals surface area contributed by atoms with Gasteiger partial charge in [-0.2, -0.15) is 10.6 Å². The number of carbonyl (C=O) groups excluding carboxylic acids is 2. The van der Waals surface area contributed by atoms with Crippen LogP contribution in [-0.2, 0) is 49.6 Å². The van der Waals surface area contributed by atoms with Crippen molar-refractivity contribution >= 4 is 311 Å². The van der Waals surface area contributed by atoms with Crippen LogP contribution in [-0.4, -0.2) is 137 Å². The van der Waals surface area contributed by atoms with E-state index in [1.165, 1.54) is 65.2 Å². The first-order chi connectivity index (χ1) is 64.5. The smallest absolute Gasteiger partial charge is 0.870 e. The van der Waals surface area contributed by atoms with Crippen LogP contribution in [0.5, 0.6) is 0 Å². The topological polar surface area (TPSA) is 427 Å². The summed E-state index contributed by atoms with van der Waals surface area (Å²) >= 11 is 56.5. The summed E-state index contributed by atoms with van der Waals surface area (Å²) < 4.78 is 26.6. The minimum atomic E-state index is -0.987. The summed E-state index contributed by atoms with van der Waals surface area (Å²) in [7, 11) is 0. The monoisotopic (exact) mass is 2280 g/mol. The summed E-state index contributed by atoms with van der Waals surface area (Å²) in [5, 5.41) is 57.4.